The number of nitrogens with zero attached hydrogens (tertiary/aromatic N) is 4. The predicted molar refractivity (Wildman–Crippen MR) is 80.1 cm³/mol. The fourth-order valence-electron chi connectivity index (χ4n) is 3.08. The summed E-state index contributed by atoms with van der Waals surface area (Å²) in [7, 11) is 0. The molecule has 0 saturated heterocycles. The second-order valence-electron chi connectivity index (χ2n) is 6.09. The van der Waals surface area contributed by atoms with E-state index in [1.165, 1.54) is 42.9 Å². The van der Waals surface area contributed by atoms with E-state index in [1.54, 1.807) is 0 Å². The van der Waals surface area contributed by atoms with Crippen molar-refractivity contribution in [2.45, 2.75) is 51.1 Å². The van der Waals surface area contributed by atoms with Gasteiger partial charge in [-0.2, -0.15) is 27.8 Å². The highest BCUT2D eigenvalue weighted by molar-refractivity contribution is 5.45. The molecule has 0 amide bonds. The summed E-state index contributed by atoms with van der Waals surface area (Å²) < 4.78 is 40.2. The monoisotopic (exact) mass is 327 g/mol. The molecule has 8 heteroatoms. The number of halogens is 3. The number of fused-ring (bicyclic) bond motifs is 1. The molecule has 5 nitrogen and oxygen atoms in total. The van der Waals surface area contributed by atoms with Gasteiger partial charge in [-0.15, -0.1) is 0 Å². The van der Waals surface area contributed by atoms with Gasteiger partial charge in [0, 0.05) is 12.6 Å². The Hall–Kier alpha value is -1.86. The molecule has 0 aliphatic heterocycles. The van der Waals surface area contributed by atoms with E-state index in [1.807, 2.05) is 0 Å². The quantitative estimate of drug-likeness (QED) is 0.928. The molecule has 126 valence electrons. The third-order valence-corrected chi connectivity index (χ3v) is 4.34. The first kappa shape index (κ1) is 16.0. The molecular weight excluding hydrogens is 307 g/mol. The number of alkyl halides is 3. The normalized spacial score (nSPS) is 17.9. The highest BCUT2D eigenvalue weighted by Crippen LogP contribution is 2.30. The lowest BCUT2D eigenvalue weighted by Gasteiger charge is -2.21. The summed E-state index contributed by atoms with van der Waals surface area (Å²) in [6, 6.07) is 1.00. The first-order valence-electron chi connectivity index (χ1n) is 8.06. The van der Waals surface area contributed by atoms with Crippen molar-refractivity contribution in [3.8, 4) is 0 Å². The summed E-state index contributed by atoms with van der Waals surface area (Å²) in [5, 5.41) is 7.08. The molecule has 2 aromatic heterocycles. The molecule has 1 fully saturated rings. The lowest BCUT2D eigenvalue weighted by molar-refractivity contribution is -0.141. The van der Waals surface area contributed by atoms with Crippen LogP contribution in [0.3, 0.4) is 0 Å². The Balaban J connectivity index is 1.77. The van der Waals surface area contributed by atoms with Crippen LogP contribution in [-0.2, 0) is 6.18 Å². The number of anilines is 1. The average Bonchev–Trinajstić information content (AvgIpc) is 2.93. The van der Waals surface area contributed by atoms with E-state index in [0.29, 0.717) is 18.3 Å². The molecule has 1 saturated carbocycles. The highest BCUT2D eigenvalue weighted by Gasteiger charge is 2.34. The first-order valence-corrected chi connectivity index (χ1v) is 8.06. The van der Waals surface area contributed by atoms with Crippen LogP contribution in [0.15, 0.2) is 12.4 Å². The van der Waals surface area contributed by atoms with E-state index < -0.39 is 11.9 Å². The fourth-order valence-corrected chi connectivity index (χ4v) is 3.08. The van der Waals surface area contributed by atoms with Crippen molar-refractivity contribution < 1.29 is 13.2 Å². The molecule has 1 N–H and O–H groups in total. The number of rotatable bonds is 3. The third kappa shape index (κ3) is 3.92. The molecule has 2 aromatic rings. The van der Waals surface area contributed by atoms with Crippen molar-refractivity contribution in [2.24, 2.45) is 5.92 Å². The van der Waals surface area contributed by atoms with E-state index in [-0.39, 0.29) is 5.78 Å². The Bertz CT molecular complexity index is 644. The van der Waals surface area contributed by atoms with Crippen LogP contribution in [-0.4, -0.2) is 26.1 Å². The van der Waals surface area contributed by atoms with Gasteiger partial charge < -0.3 is 5.32 Å². The van der Waals surface area contributed by atoms with Crippen molar-refractivity contribution in [1.29, 1.82) is 0 Å². The lowest BCUT2D eigenvalue weighted by Crippen LogP contribution is -2.19. The van der Waals surface area contributed by atoms with Crippen molar-refractivity contribution in [1.82, 2.24) is 19.6 Å². The maximum absolute atomic E-state index is 12.9. The van der Waals surface area contributed by atoms with Crippen molar-refractivity contribution in [3.05, 3.63) is 18.1 Å². The minimum Gasteiger partial charge on any atom is -0.370 e. The predicted octanol–water partition coefficient (Wildman–Crippen LogP) is 3.92. The standard InChI is InChI=1S/C15H20F3N5/c16-15(17,18)12-8-13(23-14(22-12)20-10-21-23)19-9-11-6-4-2-1-3-5-7-11/h8,10-11,19H,1-7,9H2. The zero-order valence-electron chi connectivity index (χ0n) is 12.8. The van der Waals surface area contributed by atoms with Gasteiger partial charge in [-0.3, -0.25) is 0 Å². The van der Waals surface area contributed by atoms with Gasteiger partial charge in [0.05, 0.1) is 0 Å². The smallest absolute Gasteiger partial charge is 0.370 e. The summed E-state index contributed by atoms with van der Waals surface area (Å²) in [5.74, 6) is 0.734. The van der Waals surface area contributed by atoms with Gasteiger partial charge in [-0.05, 0) is 18.8 Å². The van der Waals surface area contributed by atoms with Crippen LogP contribution in [0.4, 0.5) is 19.0 Å². The van der Waals surface area contributed by atoms with Crippen LogP contribution in [0.5, 0.6) is 0 Å². The Morgan fingerprint density at radius 2 is 1.83 bits per heavy atom. The summed E-state index contributed by atoms with van der Waals surface area (Å²) in [6.45, 7) is 0.649. The SMILES string of the molecule is FC(F)(F)c1cc(NCC2CCCCCCC2)n2ncnc2n1. The maximum Gasteiger partial charge on any atom is 0.433 e. The van der Waals surface area contributed by atoms with Crippen LogP contribution in [0.2, 0.25) is 0 Å². The number of hydrogen-bond acceptors (Lipinski definition) is 4. The summed E-state index contributed by atoms with van der Waals surface area (Å²) in [5.41, 5.74) is -0.946. The molecule has 1 aliphatic rings. The molecule has 23 heavy (non-hydrogen) atoms. The van der Waals surface area contributed by atoms with E-state index in [9.17, 15) is 13.2 Å². The molecule has 1 aliphatic carbocycles. The molecule has 0 spiro atoms. The van der Waals surface area contributed by atoms with Gasteiger partial charge in [0.25, 0.3) is 5.78 Å². The van der Waals surface area contributed by atoms with Gasteiger partial charge >= 0.3 is 6.18 Å². The van der Waals surface area contributed by atoms with Gasteiger partial charge in [0.15, 0.2) is 5.69 Å². The highest BCUT2D eigenvalue weighted by atomic mass is 19.4. The molecule has 0 bridgehead atoms. The Morgan fingerprint density at radius 3 is 2.52 bits per heavy atom. The molecule has 0 aromatic carbocycles. The average molecular weight is 327 g/mol. The van der Waals surface area contributed by atoms with Crippen molar-refractivity contribution >= 4 is 11.6 Å². The van der Waals surface area contributed by atoms with Crippen molar-refractivity contribution in [3.63, 3.8) is 0 Å². The van der Waals surface area contributed by atoms with Gasteiger partial charge in [0.1, 0.15) is 12.1 Å². The maximum atomic E-state index is 12.9. The minimum absolute atomic E-state index is 0.0417. The first-order chi connectivity index (χ1) is 11.0. The van der Waals surface area contributed by atoms with Gasteiger partial charge in [-0.1, -0.05) is 32.1 Å². The molecule has 0 atom stereocenters. The summed E-state index contributed by atoms with van der Waals surface area (Å²) in [6.07, 6.45) is 5.11. The van der Waals surface area contributed by atoms with Crippen LogP contribution in [0.25, 0.3) is 5.78 Å². The largest absolute Gasteiger partial charge is 0.433 e. The molecular formula is C15H20F3N5. The van der Waals surface area contributed by atoms with E-state index in [4.69, 9.17) is 0 Å². The van der Waals surface area contributed by atoms with Gasteiger partial charge in [0.2, 0.25) is 0 Å². The Labute approximate surface area is 132 Å². The zero-order chi connectivity index (χ0) is 16.3. The number of nitrogens with one attached hydrogen (secondary N) is 1. The second-order valence-corrected chi connectivity index (χ2v) is 6.09. The van der Waals surface area contributed by atoms with E-state index >= 15 is 0 Å². The van der Waals surface area contributed by atoms with E-state index in [0.717, 1.165) is 18.9 Å². The zero-order valence-corrected chi connectivity index (χ0v) is 12.8. The summed E-state index contributed by atoms with van der Waals surface area (Å²) >= 11 is 0. The van der Waals surface area contributed by atoms with Crippen LogP contribution < -0.4 is 5.32 Å². The topological polar surface area (TPSA) is 55.1 Å². The lowest BCUT2D eigenvalue weighted by atomic mass is 9.91. The Morgan fingerprint density at radius 1 is 1.13 bits per heavy atom. The van der Waals surface area contributed by atoms with Gasteiger partial charge in [-0.25, -0.2) is 4.98 Å². The third-order valence-electron chi connectivity index (χ3n) is 4.34. The number of aromatic nitrogens is 4. The second kappa shape index (κ2) is 6.72. The van der Waals surface area contributed by atoms with E-state index in [2.05, 4.69) is 20.4 Å². The fraction of sp³-hybridized carbons (Fsp3) is 0.667. The molecule has 2 heterocycles. The van der Waals surface area contributed by atoms with Crippen LogP contribution in [0.1, 0.15) is 50.6 Å². The minimum atomic E-state index is -4.50. The molecule has 0 radical (unpaired) electrons. The Kier molecular flexibility index (Phi) is 4.68. The number of hydrogen-bond donors (Lipinski definition) is 1. The van der Waals surface area contributed by atoms with Crippen LogP contribution >= 0.6 is 0 Å². The van der Waals surface area contributed by atoms with Crippen LogP contribution in [0, 0.1) is 5.92 Å². The van der Waals surface area contributed by atoms with Crippen molar-refractivity contribution in [2.75, 3.05) is 11.9 Å². The molecule has 3 rings (SSSR count). The molecule has 0 unspecified atom stereocenters. The summed E-state index contributed by atoms with van der Waals surface area (Å²) in [4.78, 5) is 7.29.